The summed E-state index contributed by atoms with van der Waals surface area (Å²) in [6.07, 6.45) is 0. The number of nitrogen functional groups attached to an aromatic ring is 1. The molecule has 12 heteroatoms. The third kappa shape index (κ3) is 4.04. The van der Waals surface area contributed by atoms with Crippen LogP contribution in [0.5, 0.6) is 5.75 Å². The van der Waals surface area contributed by atoms with Crippen LogP contribution in [0, 0.1) is 0 Å². The summed E-state index contributed by atoms with van der Waals surface area (Å²) in [7, 11) is 0. The van der Waals surface area contributed by atoms with Crippen molar-refractivity contribution in [2.75, 3.05) is 12.3 Å². The summed E-state index contributed by atoms with van der Waals surface area (Å²) in [6.45, 7) is -0.823. The summed E-state index contributed by atoms with van der Waals surface area (Å²) >= 11 is 9.06. The second-order valence-corrected chi connectivity index (χ2v) is 6.34. The average Bonchev–Trinajstić information content (AvgIpc) is 2.51. The van der Waals surface area contributed by atoms with Gasteiger partial charge in [0.1, 0.15) is 22.7 Å². The molecule has 0 atom stereocenters. The molecule has 2 rings (SSSR count). The largest absolute Gasteiger partial charge is 0.480 e. The number of nitrogens with two attached hydrogens (primary N) is 1. The van der Waals surface area contributed by atoms with Crippen LogP contribution in [-0.4, -0.2) is 44.8 Å². The lowest BCUT2D eigenvalue weighted by Crippen LogP contribution is -2.24. The highest BCUT2D eigenvalue weighted by molar-refractivity contribution is 9.10. The number of aromatic carboxylic acids is 2. The first-order chi connectivity index (χ1) is 12.5. The number of pyridine rings is 1. The molecule has 2 aromatic rings. The second kappa shape index (κ2) is 7.68. The van der Waals surface area contributed by atoms with Gasteiger partial charge in [-0.25, -0.2) is 14.4 Å². The molecule has 0 aliphatic heterocycles. The van der Waals surface area contributed by atoms with Crippen molar-refractivity contribution in [3.8, 4) is 16.9 Å². The van der Waals surface area contributed by atoms with Crippen molar-refractivity contribution in [2.45, 2.75) is 0 Å². The van der Waals surface area contributed by atoms with E-state index in [1.54, 1.807) is 0 Å². The van der Waals surface area contributed by atoms with E-state index in [1.807, 2.05) is 4.98 Å². The van der Waals surface area contributed by atoms with E-state index in [0.717, 1.165) is 6.07 Å². The molecule has 0 unspecified atom stereocenters. The fourth-order valence-electron chi connectivity index (χ4n) is 2.34. The third-order valence-corrected chi connectivity index (χ3v) is 4.10. The number of carboxylic acid groups (broad SMARTS) is 3. The Morgan fingerprint density at radius 3 is 2.26 bits per heavy atom. The number of carboxylic acids is 3. The van der Waals surface area contributed by atoms with Gasteiger partial charge in [-0.1, -0.05) is 11.6 Å². The quantitative estimate of drug-likeness (QED) is 0.429. The molecule has 142 valence electrons. The maximum absolute atomic E-state index is 12.1. The highest BCUT2D eigenvalue weighted by Gasteiger charge is 2.29. The normalized spacial score (nSPS) is 10.4. The maximum Gasteiger partial charge on any atom is 0.342 e. The van der Waals surface area contributed by atoms with Gasteiger partial charge in [0.05, 0.1) is 4.47 Å². The number of anilines is 1. The lowest BCUT2D eigenvalue weighted by Gasteiger charge is -2.17. The predicted molar refractivity (Wildman–Crippen MR) is 96.7 cm³/mol. The molecule has 1 aromatic carbocycles. The first-order valence-corrected chi connectivity index (χ1v) is 8.08. The molecule has 10 nitrogen and oxygen atoms in total. The Kier molecular flexibility index (Phi) is 5.76. The molecule has 0 amide bonds. The SMILES string of the molecule is Nc1[nH]c(=O)c(C(=O)O)c(-c2cc(Cl)cc(Br)c2OCC(=O)O)c1C(=O)O. The van der Waals surface area contributed by atoms with Gasteiger partial charge in [-0.2, -0.15) is 0 Å². The van der Waals surface area contributed by atoms with E-state index >= 15 is 0 Å². The summed E-state index contributed by atoms with van der Waals surface area (Å²) in [5.41, 5.74) is 1.99. The average molecular weight is 462 g/mol. The van der Waals surface area contributed by atoms with E-state index < -0.39 is 52.6 Å². The molecule has 0 aliphatic carbocycles. The number of aromatic nitrogens is 1. The summed E-state index contributed by atoms with van der Waals surface area (Å²) in [5.74, 6) is -5.51. The second-order valence-electron chi connectivity index (χ2n) is 5.05. The van der Waals surface area contributed by atoms with Gasteiger partial charge in [-0.05, 0) is 28.1 Å². The van der Waals surface area contributed by atoms with Crippen LogP contribution < -0.4 is 16.0 Å². The number of ether oxygens (including phenoxy) is 1. The monoisotopic (exact) mass is 460 g/mol. The van der Waals surface area contributed by atoms with Gasteiger partial charge in [0.15, 0.2) is 6.61 Å². The van der Waals surface area contributed by atoms with E-state index in [2.05, 4.69) is 15.9 Å². The molecule has 0 spiro atoms. The fraction of sp³-hybridized carbons (Fsp3) is 0.0667. The minimum absolute atomic E-state index is 0.0334. The van der Waals surface area contributed by atoms with Gasteiger partial charge in [0, 0.05) is 16.1 Å². The van der Waals surface area contributed by atoms with Crippen molar-refractivity contribution in [1.29, 1.82) is 0 Å². The molecule has 1 heterocycles. The number of aliphatic carboxylic acids is 1. The van der Waals surface area contributed by atoms with Gasteiger partial charge in [0.2, 0.25) is 0 Å². The molecule has 0 fully saturated rings. The number of nitrogens with one attached hydrogen (secondary N) is 1. The predicted octanol–water partition coefficient (Wildman–Crippen LogP) is 1.90. The Balaban J connectivity index is 3.00. The molecule has 6 N–H and O–H groups in total. The van der Waals surface area contributed by atoms with Crippen molar-refractivity contribution in [3.63, 3.8) is 0 Å². The number of aromatic amines is 1. The van der Waals surface area contributed by atoms with E-state index in [9.17, 15) is 29.4 Å². The minimum Gasteiger partial charge on any atom is -0.480 e. The molecule has 0 saturated carbocycles. The fourth-order valence-corrected chi connectivity index (χ4v) is 3.27. The van der Waals surface area contributed by atoms with E-state index in [1.165, 1.54) is 6.07 Å². The Labute approximate surface area is 163 Å². The van der Waals surface area contributed by atoms with Gasteiger partial charge < -0.3 is 30.8 Å². The van der Waals surface area contributed by atoms with Crippen LogP contribution in [-0.2, 0) is 4.79 Å². The van der Waals surface area contributed by atoms with Crippen molar-refractivity contribution < 1.29 is 34.4 Å². The molecule has 0 saturated heterocycles. The van der Waals surface area contributed by atoms with Gasteiger partial charge in [-0.15, -0.1) is 0 Å². The number of hydrogen-bond donors (Lipinski definition) is 5. The number of hydrogen-bond acceptors (Lipinski definition) is 6. The zero-order chi connectivity index (χ0) is 20.5. The molecular formula is C15H10BrClN2O8. The molecule has 0 aliphatic rings. The number of rotatable bonds is 6. The Morgan fingerprint density at radius 2 is 1.74 bits per heavy atom. The van der Waals surface area contributed by atoms with Crippen molar-refractivity contribution in [1.82, 2.24) is 4.98 Å². The van der Waals surface area contributed by atoms with Crippen LogP contribution in [0.1, 0.15) is 20.7 Å². The highest BCUT2D eigenvalue weighted by Crippen LogP contribution is 2.42. The van der Waals surface area contributed by atoms with Gasteiger partial charge in [0.25, 0.3) is 5.56 Å². The van der Waals surface area contributed by atoms with Crippen molar-refractivity contribution in [3.05, 3.63) is 43.1 Å². The summed E-state index contributed by atoms with van der Waals surface area (Å²) in [5, 5.41) is 27.8. The first-order valence-electron chi connectivity index (χ1n) is 6.91. The van der Waals surface area contributed by atoms with E-state index in [-0.39, 0.29) is 20.8 Å². The minimum atomic E-state index is -1.73. The molecule has 1 aromatic heterocycles. The van der Waals surface area contributed by atoms with E-state index in [4.69, 9.17) is 27.2 Å². The number of benzene rings is 1. The lowest BCUT2D eigenvalue weighted by molar-refractivity contribution is -0.139. The summed E-state index contributed by atoms with van der Waals surface area (Å²) in [4.78, 5) is 48.2. The number of H-pyrrole nitrogens is 1. The molecule has 27 heavy (non-hydrogen) atoms. The van der Waals surface area contributed by atoms with Crippen LogP contribution in [0.15, 0.2) is 21.4 Å². The maximum atomic E-state index is 12.1. The van der Waals surface area contributed by atoms with Crippen LogP contribution in [0.25, 0.3) is 11.1 Å². The van der Waals surface area contributed by atoms with Crippen molar-refractivity contribution >= 4 is 51.3 Å². The smallest absolute Gasteiger partial charge is 0.342 e. The number of carbonyl (C=O) groups is 3. The third-order valence-electron chi connectivity index (χ3n) is 3.29. The zero-order valence-electron chi connectivity index (χ0n) is 13.1. The summed E-state index contributed by atoms with van der Waals surface area (Å²) < 4.78 is 5.25. The summed E-state index contributed by atoms with van der Waals surface area (Å²) in [6, 6.07) is 2.45. The van der Waals surface area contributed by atoms with Gasteiger partial charge >= 0.3 is 17.9 Å². The topological polar surface area (TPSA) is 180 Å². The lowest BCUT2D eigenvalue weighted by atomic mass is 9.94. The Morgan fingerprint density at radius 1 is 1.15 bits per heavy atom. The van der Waals surface area contributed by atoms with Crippen LogP contribution in [0.2, 0.25) is 5.02 Å². The molecule has 0 bridgehead atoms. The van der Waals surface area contributed by atoms with Crippen LogP contribution >= 0.6 is 27.5 Å². The number of halogens is 2. The first kappa shape index (κ1) is 20.3. The van der Waals surface area contributed by atoms with Crippen LogP contribution in [0.4, 0.5) is 5.82 Å². The molecular weight excluding hydrogens is 452 g/mol. The molecule has 0 radical (unpaired) electrons. The van der Waals surface area contributed by atoms with E-state index in [0.29, 0.717) is 0 Å². The highest BCUT2D eigenvalue weighted by atomic mass is 79.9. The Bertz CT molecular complexity index is 1030. The van der Waals surface area contributed by atoms with Gasteiger partial charge in [-0.3, -0.25) is 4.79 Å². The van der Waals surface area contributed by atoms with Crippen LogP contribution in [0.3, 0.4) is 0 Å². The van der Waals surface area contributed by atoms with Crippen molar-refractivity contribution in [2.24, 2.45) is 0 Å². The Hall–Kier alpha value is -3.05. The zero-order valence-corrected chi connectivity index (χ0v) is 15.4. The standard InChI is InChI=1S/C15H10BrClN2O8/c16-6-2-4(17)1-5(11(6)27-3-7(20)21)8-9(14(23)24)12(18)19-13(22)10(8)15(25)26/h1-2H,3H2,(H,20,21)(H,23,24)(H,25,26)(H3,18,19,22).